The first-order valence-corrected chi connectivity index (χ1v) is 5.76. The molecule has 1 aliphatic rings. The number of hydrogen-bond acceptors (Lipinski definition) is 2. The number of piperidine rings is 1. The Bertz CT molecular complexity index is 324. The fourth-order valence-electron chi connectivity index (χ4n) is 2.39. The summed E-state index contributed by atoms with van der Waals surface area (Å²) in [6.45, 7) is 3.49. The summed E-state index contributed by atoms with van der Waals surface area (Å²) in [5.41, 5.74) is 2.59. The van der Waals surface area contributed by atoms with Gasteiger partial charge >= 0.3 is 0 Å². The second-order valence-corrected chi connectivity index (χ2v) is 4.31. The third-order valence-corrected chi connectivity index (χ3v) is 3.26. The van der Waals surface area contributed by atoms with Crippen LogP contribution >= 0.6 is 0 Å². The molecule has 1 saturated heterocycles. The quantitative estimate of drug-likeness (QED) is 0.801. The molecule has 0 saturated carbocycles. The van der Waals surface area contributed by atoms with Crippen molar-refractivity contribution in [2.75, 3.05) is 18.1 Å². The standard InChI is InChI=1S/C13H19NO/c1-11-6-2-3-8-13(11)14-9-5-4-7-12(14)10-15/h2-3,6,8,12,15H,4-5,7,9-10H2,1H3. The molecular weight excluding hydrogens is 186 g/mol. The Balaban J connectivity index is 2.24. The van der Waals surface area contributed by atoms with Gasteiger partial charge in [0.05, 0.1) is 12.6 Å². The third kappa shape index (κ3) is 2.15. The zero-order chi connectivity index (χ0) is 10.7. The summed E-state index contributed by atoms with van der Waals surface area (Å²) in [6.07, 6.45) is 3.60. The van der Waals surface area contributed by atoms with Crippen LogP contribution in [0.25, 0.3) is 0 Å². The first-order chi connectivity index (χ1) is 7.33. The molecule has 1 atom stereocenters. The molecule has 2 rings (SSSR count). The lowest BCUT2D eigenvalue weighted by Gasteiger charge is -2.37. The molecule has 1 unspecified atom stereocenters. The van der Waals surface area contributed by atoms with E-state index in [1.807, 2.05) is 0 Å². The minimum atomic E-state index is 0.272. The SMILES string of the molecule is Cc1ccccc1N1CCCCC1CO. The third-order valence-electron chi connectivity index (χ3n) is 3.26. The highest BCUT2D eigenvalue weighted by molar-refractivity contribution is 5.54. The highest BCUT2D eigenvalue weighted by Crippen LogP contribution is 2.27. The van der Waals surface area contributed by atoms with Crippen LogP contribution in [0.3, 0.4) is 0 Å². The van der Waals surface area contributed by atoms with E-state index in [-0.39, 0.29) is 6.61 Å². The summed E-state index contributed by atoms with van der Waals surface area (Å²) in [7, 11) is 0. The van der Waals surface area contributed by atoms with Crippen molar-refractivity contribution in [3.8, 4) is 0 Å². The van der Waals surface area contributed by atoms with E-state index in [9.17, 15) is 5.11 Å². The average Bonchev–Trinajstić information content (AvgIpc) is 2.30. The van der Waals surface area contributed by atoms with Gasteiger partial charge in [-0.25, -0.2) is 0 Å². The lowest BCUT2D eigenvalue weighted by molar-refractivity contribution is 0.240. The molecule has 2 heteroatoms. The van der Waals surface area contributed by atoms with Crippen molar-refractivity contribution in [3.05, 3.63) is 29.8 Å². The zero-order valence-corrected chi connectivity index (χ0v) is 9.32. The number of anilines is 1. The Kier molecular flexibility index (Phi) is 3.27. The molecule has 1 heterocycles. The molecule has 0 aliphatic carbocycles. The molecule has 1 fully saturated rings. The fourth-order valence-corrected chi connectivity index (χ4v) is 2.39. The molecule has 1 aliphatic heterocycles. The Morgan fingerprint density at radius 2 is 2.13 bits per heavy atom. The monoisotopic (exact) mass is 205 g/mol. The van der Waals surface area contributed by atoms with Crippen molar-refractivity contribution in [1.82, 2.24) is 0 Å². The Hall–Kier alpha value is -1.02. The molecule has 0 spiro atoms. The number of nitrogens with zero attached hydrogens (tertiary/aromatic N) is 1. The normalized spacial score (nSPS) is 21.7. The lowest BCUT2D eigenvalue weighted by atomic mass is 10.0. The van der Waals surface area contributed by atoms with Crippen LogP contribution in [-0.2, 0) is 0 Å². The van der Waals surface area contributed by atoms with Crippen LogP contribution in [0.4, 0.5) is 5.69 Å². The van der Waals surface area contributed by atoms with Crippen LogP contribution in [-0.4, -0.2) is 24.3 Å². The number of aliphatic hydroxyl groups is 1. The summed E-state index contributed by atoms with van der Waals surface area (Å²) in [5, 5.41) is 9.37. The summed E-state index contributed by atoms with van der Waals surface area (Å²) in [5.74, 6) is 0. The number of para-hydroxylation sites is 1. The topological polar surface area (TPSA) is 23.5 Å². The van der Waals surface area contributed by atoms with E-state index in [1.165, 1.54) is 24.1 Å². The number of benzene rings is 1. The molecule has 0 aromatic heterocycles. The van der Waals surface area contributed by atoms with Crippen LogP contribution in [0.5, 0.6) is 0 Å². The van der Waals surface area contributed by atoms with E-state index in [2.05, 4.69) is 36.1 Å². The van der Waals surface area contributed by atoms with Gasteiger partial charge in [0.15, 0.2) is 0 Å². The average molecular weight is 205 g/mol. The predicted octanol–water partition coefficient (Wildman–Crippen LogP) is 2.35. The van der Waals surface area contributed by atoms with E-state index >= 15 is 0 Å². The van der Waals surface area contributed by atoms with E-state index < -0.39 is 0 Å². The Morgan fingerprint density at radius 1 is 1.33 bits per heavy atom. The van der Waals surface area contributed by atoms with Crippen molar-refractivity contribution in [1.29, 1.82) is 0 Å². The molecule has 1 N–H and O–H groups in total. The van der Waals surface area contributed by atoms with Gasteiger partial charge in [0.1, 0.15) is 0 Å². The van der Waals surface area contributed by atoms with Crippen molar-refractivity contribution < 1.29 is 5.11 Å². The molecular formula is C13H19NO. The van der Waals surface area contributed by atoms with Crippen LogP contribution in [0.15, 0.2) is 24.3 Å². The second-order valence-electron chi connectivity index (χ2n) is 4.31. The van der Waals surface area contributed by atoms with Crippen molar-refractivity contribution in [2.45, 2.75) is 32.2 Å². The van der Waals surface area contributed by atoms with Crippen molar-refractivity contribution in [2.24, 2.45) is 0 Å². The van der Waals surface area contributed by atoms with Gasteiger partial charge in [-0.3, -0.25) is 0 Å². The lowest BCUT2D eigenvalue weighted by Crippen LogP contribution is -2.42. The largest absolute Gasteiger partial charge is 0.394 e. The molecule has 2 nitrogen and oxygen atoms in total. The highest BCUT2D eigenvalue weighted by Gasteiger charge is 2.22. The van der Waals surface area contributed by atoms with Gasteiger partial charge in [-0.1, -0.05) is 18.2 Å². The second kappa shape index (κ2) is 4.67. The Morgan fingerprint density at radius 3 is 2.87 bits per heavy atom. The number of aliphatic hydroxyl groups excluding tert-OH is 1. The van der Waals surface area contributed by atoms with E-state index in [0.717, 1.165) is 13.0 Å². The van der Waals surface area contributed by atoms with E-state index in [1.54, 1.807) is 0 Å². The van der Waals surface area contributed by atoms with E-state index in [0.29, 0.717) is 6.04 Å². The van der Waals surface area contributed by atoms with Crippen molar-refractivity contribution >= 4 is 5.69 Å². The minimum Gasteiger partial charge on any atom is -0.394 e. The summed E-state index contributed by atoms with van der Waals surface area (Å²) < 4.78 is 0. The van der Waals surface area contributed by atoms with Gasteiger partial charge in [0.2, 0.25) is 0 Å². The predicted molar refractivity (Wildman–Crippen MR) is 63.2 cm³/mol. The number of hydrogen-bond donors (Lipinski definition) is 1. The van der Waals surface area contributed by atoms with Crippen LogP contribution < -0.4 is 4.90 Å². The molecule has 0 amide bonds. The maximum atomic E-state index is 9.37. The number of rotatable bonds is 2. The highest BCUT2D eigenvalue weighted by atomic mass is 16.3. The van der Waals surface area contributed by atoms with Gasteiger partial charge in [-0.05, 0) is 37.8 Å². The van der Waals surface area contributed by atoms with Crippen molar-refractivity contribution in [3.63, 3.8) is 0 Å². The molecule has 1 aromatic rings. The van der Waals surface area contributed by atoms with Gasteiger partial charge in [0, 0.05) is 12.2 Å². The molecule has 0 radical (unpaired) electrons. The van der Waals surface area contributed by atoms with Crippen LogP contribution in [0, 0.1) is 6.92 Å². The minimum absolute atomic E-state index is 0.272. The summed E-state index contributed by atoms with van der Waals surface area (Å²) in [4.78, 5) is 2.36. The Labute approximate surface area is 91.5 Å². The van der Waals surface area contributed by atoms with Gasteiger partial charge in [0.25, 0.3) is 0 Å². The first kappa shape index (κ1) is 10.5. The smallest absolute Gasteiger partial charge is 0.0635 e. The molecule has 82 valence electrons. The maximum absolute atomic E-state index is 9.37. The molecule has 0 bridgehead atoms. The molecule has 1 aromatic carbocycles. The van der Waals surface area contributed by atoms with Crippen LogP contribution in [0.1, 0.15) is 24.8 Å². The fraction of sp³-hybridized carbons (Fsp3) is 0.538. The van der Waals surface area contributed by atoms with Gasteiger partial charge in [-0.15, -0.1) is 0 Å². The first-order valence-electron chi connectivity index (χ1n) is 5.76. The summed E-state index contributed by atoms with van der Waals surface area (Å²) >= 11 is 0. The van der Waals surface area contributed by atoms with Crippen LogP contribution in [0.2, 0.25) is 0 Å². The van der Waals surface area contributed by atoms with Gasteiger partial charge < -0.3 is 10.0 Å². The maximum Gasteiger partial charge on any atom is 0.0635 e. The summed E-state index contributed by atoms with van der Waals surface area (Å²) in [6, 6.07) is 8.75. The van der Waals surface area contributed by atoms with E-state index in [4.69, 9.17) is 0 Å². The molecule has 15 heavy (non-hydrogen) atoms. The van der Waals surface area contributed by atoms with Gasteiger partial charge in [-0.2, -0.15) is 0 Å². The zero-order valence-electron chi connectivity index (χ0n) is 9.32. The number of aryl methyl sites for hydroxylation is 1.